The molecule has 2 aromatic rings. The molecule has 0 saturated heterocycles. The first kappa shape index (κ1) is 17.6. The minimum Gasteiger partial charge on any atom is -0.349 e. The van der Waals surface area contributed by atoms with E-state index in [9.17, 15) is 13.2 Å². The number of rotatable bonds is 7. The van der Waals surface area contributed by atoms with E-state index in [4.69, 9.17) is 0 Å². The van der Waals surface area contributed by atoms with E-state index in [0.717, 1.165) is 18.7 Å². The topological polar surface area (TPSA) is 84.3 Å². The van der Waals surface area contributed by atoms with E-state index in [1.807, 2.05) is 17.7 Å². The molecule has 0 unspecified atom stereocenters. The maximum Gasteiger partial charge on any atom is 0.251 e. The van der Waals surface area contributed by atoms with Gasteiger partial charge in [-0.2, -0.15) is 4.31 Å². The van der Waals surface area contributed by atoms with Crippen molar-refractivity contribution in [3.05, 3.63) is 48.0 Å². The Morgan fingerprint density at radius 3 is 2.80 bits per heavy atom. The third kappa shape index (κ3) is 4.08. The molecule has 0 bridgehead atoms. The first-order valence-electron chi connectivity index (χ1n) is 8.23. The summed E-state index contributed by atoms with van der Waals surface area (Å²) < 4.78 is 28.7. The quantitative estimate of drug-likeness (QED) is 0.807. The number of aromatic nitrogens is 2. The largest absolute Gasteiger partial charge is 0.349 e. The highest BCUT2D eigenvalue weighted by atomic mass is 32.2. The van der Waals surface area contributed by atoms with Crippen molar-refractivity contribution in [3.8, 4) is 0 Å². The molecule has 1 aliphatic rings. The summed E-state index contributed by atoms with van der Waals surface area (Å²) in [5, 5.41) is 2.87. The molecule has 1 aromatic heterocycles. The molecule has 1 fully saturated rings. The molecule has 1 aliphatic carbocycles. The van der Waals surface area contributed by atoms with E-state index in [2.05, 4.69) is 10.3 Å². The Morgan fingerprint density at radius 2 is 2.16 bits per heavy atom. The molecule has 0 spiro atoms. The minimum absolute atomic E-state index is 0.126. The van der Waals surface area contributed by atoms with Crippen LogP contribution in [0, 0.1) is 6.92 Å². The lowest BCUT2D eigenvalue weighted by atomic mass is 10.2. The van der Waals surface area contributed by atoms with Crippen molar-refractivity contribution < 1.29 is 13.2 Å². The van der Waals surface area contributed by atoms with Crippen LogP contribution in [0.5, 0.6) is 0 Å². The minimum atomic E-state index is -3.65. The Balaban J connectivity index is 1.72. The van der Waals surface area contributed by atoms with Crippen molar-refractivity contribution in [2.75, 3.05) is 13.6 Å². The van der Waals surface area contributed by atoms with E-state index in [0.29, 0.717) is 18.7 Å². The first-order chi connectivity index (χ1) is 11.9. The SMILES string of the molecule is Cc1nccn1CCN(C)S(=O)(=O)c1cccc(C(=O)NC2CC2)c1. The van der Waals surface area contributed by atoms with Crippen LogP contribution in [0.1, 0.15) is 29.0 Å². The molecule has 1 amide bonds. The molecule has 3 rings (SSSR count). The van der Waals surface area contributed by atoms with Gasteiger partial charge in [0.25, 0.3) is 5.91 Å². The summed E-state index contributed by atoms with van der Waals surface area (Å²) in [7, 11) is -2.11. The van der Waals surface area contributed by atoms with Crippen LogP contribution >= 0.6 is 0 Å². The fourth-order valence-corrected chi connectivity index (χ4v) is 3.69. The Bertz CT molecular complexity index is 872. The zero-order valence-corrected chi connectivity index (χ0v) is 15.2. The predicted octanol–water partition coefficient (Wildman–Crippen LogP) is 1.40. The summed E-state index contributed by atoms with van der Waals surface area (Å²) in [4.78, 5) is 16.4. The molecule has 134 valence electrons. The maximum atomic E-state index is 12.8. The summed E-state index contributed by atoms with van der Waals surface area (Å²) in [6.45, 7) is 2.71. The van der Waals surface area contributed by atoms with Crippen LogP contribution in [-0.4, -0.2) is 47.8 Å². The van der Waals surface area contributed by atoms with Gasteiger partial charge in [-0.25, -0.2) is 13.4 Å². The van der Waals surface area contributed by atoms with Crippen LogP contribution in [0.2, 0.25) is 0 Å². The molecule has 1 aromatic carbocycles. The summed E-state index contributed by atoms with van der Waals surface area (Å²) in [6, 6.07) is 6.41. The second-order valence-corrected chi connectivity index (χ2v) is 8.31. The number of carbonyl (C=O) groups is 1. The van der Waals surface area contributed by atoms with Gasteiger partial charge in [-0.3, -0.25) is 4.79 Å². The molecule has 1 heterocycles. The Labute approximate surface area is 147 Å². The standard InChI is InChI=1S/C17H22N4O3S/c1-13-18-8-9-21(13)11-10-20(2)25(23,24)16-5-3-4-14(12-16)17(22)19-15-6-7-15/h3-5,8-9,12,15H,6-7,10-11H2,1-2H3,(H,19,22). The van der Waals surface area contributed by atoms with Crippen LogP contribution in [0.3, 0.4) is 0 Å². The molecule has 1 saturated carbocycles. The van der Waals surface area contributed by atoms with Gasteiger partial charge in [0.05, 0.1) is 4.90 Å². The lowest BCUT2D eigenvalue weighted by Crippen LogP contribution is -2.31. The lowest BCUT2D eigenvalue weighted by molar-refractivity contribution is 0.0951. The van der Waals surface area contributed by atoms with E-state index in [1.165, 1.54) is 16.4 Å². The van der Waals surface area contributed by atoms with Gasteiger partial charge in [-0.1, -0.05) is 6.07 Å². The highest BCUT2D eigenvalue weighted by Crippen LogP contribution is 2.20. The average molecular weight is 362 g/mol. The summed E-state index contributed by atoms with van der Waals surface area (Å²) in [5.41, 5.74) is 0.367. The molecule has 7 nitrogen and oxygen atoms in total. The zero-order valence-electron chi connectivity index (χ0n) is 14.3. The number of nitrogens with zero attached hydrogens (tertiary/aromatic N) is 3. The van der Waals surface area contributed by atoms with Gasteiger partial charge in [0, 0.05) is 44.1 Å². The van der Waals surface area contributed by atoms with E-state index >= 15 is 0 Å². The summed E-state index contributed by atoms with van der Waals surface area (Å²) in [6.07, 6.45) is 5.48. The molecular formula is C17H22N4O3S. The van der Waals surface area contributed by atoms with Gasteiger partial charge in [0.1, 0.15) is 5.82 Å². The maximum absolute atomic E-state index is 12.8. The summed E-state index contributed by atoms with van der Waals surface area (Å²) in [5.74, 6) is 0.612. The number of nitrogens with one attached hydrogen (secondary N) is 1. The molecule has 8 heteroatoms. The van der Waals surface area contributed by atoms with Crippen LogP contribution in [0.25, 0.3) is 0 Å². The molecule has 1 N–H and O–H groups in total. The lowest BCUT2D eigenvalue weighted by Gasteiger charge is -2.18. The van der Waals surface area contributed by atoms with Crippen LogP contribution in [0.15, 0.2) is 41.6 Å². The highest BCUT2D eigenvalue weighted by Gasteiger charge is 2.25. The van der Waals surface area contributed by atoms with Crippen molar-refractivity contribution in [2.24, 2.45) is 0 Å². The predicted molar refractivity (Wildman–Crippen MR) is 93.7 cm³/mol. The molecule has 0 atom stereocenters. The van der Waals surface area contributed by atoms with Crippen LogP contribution in [-0.2, 0) is 16.6 Å². The number of carbonyl (C=O) groups excluding carboxylic acids is 1. The van der Waals surface area contributed by atoms with Crippen LogP contribution in [0.4, 0.5) is 0 Å². The van der Waals surface area contributed by atoms with Gasteiger partial charge < -0.3 is 9.88 Å². The smallest absolute Gasteiger partial charge is 0.251 e. The second-order valence-electron chi connectivity index (χ2n) is 6.27. The normalized spacial score (nSPS) is 14.7. The molecular weight excluding hydrogens is 340 g/mol. The van der Waals surface area contributed by atoms with Gasteiger partial charge in [0.15, 0.2) is 0 Å². The van der Waals surface area contributed by atoms with Crippen molar-refractivity contribution in [2.45, 2.75) is 37.2 Å². The number of imidazole rings is 1. The monoisotopic (exact) mass is 362 g/mol. The molecule has 25 heavy (non-hydrogen) atoms. The Kier molecular flexibility index (Phi) is 4.91. The molecule has 0 aliphatic heterocycles. The fourth-order valence-electron chi connectivity index (χ4n) is 2.48. The highest BCUT2D eigenvalue weighted by molar-refractivity contribution is 7.89. The van der Waals surface area contributed by atoms with Crippen molar-refractivity contribution in [3.63, 3.8) is 0 Å². The van der Waals surface area contributed by atoms with Gasteiger partial charge in [-0.15, -0.1) is 0 Å². The number of benzene rings is 1. The number of sulfonamides is 1. The van der Waals surface area contributed by atoms with Crippen LogP contribution < -0.4 is 5.32 Å². The first-order valence-corrected chi connectivity index (χ1v) is 9.67. The number of aryl methyl sites for hydroxylation is 1. The van der Waals surface area contributed by atoms with Gasteiger partial charge in [0.2, 0.25) is 10.0 Å². The number of hydrogen-bond donors (Lipinski definition) is 1. The van der Waals surface area contributed by atoms with E-state index in [1.54, 1.807) is 25.4 Å². The van der Waals surface area contributed by atoms with Crippen molar-refractivity contribution >= 4 is 15.9 Å². The van der Waals surface area contributed by atoms with Gasteiger partial charge >= 0.3 is 0 Å². The number of amides is 1. The Hall–Kier alpha value is -2.19. The fraction of sp³-hybridized carbons (Fsp3) is 0.412. The van der Waals surface area contributed by atoms with Gasteiger partial charge in [-0.05, 0) is 38.0 Å². The zero-order chi connectivity index (χ0) is 18.0. The third-order valence-corrected chi connectivity index (χ3v) is 6.15. The van der Waals surface area contributed by atoms with Crippen molar-refractivity contribution in [1.29, 1.82) is 0 Å². The number of likely N-dealkylation sites (N-methyl/N-ethyl adjacent to an activating group) is 1. The van der Waals surface area contributed by atoms with Crippen molar-refractivity contribution in [1.82, 2.24) is 19.2 Å². The number of hydrogen-bond acceptors (Lipinski definition) is 4. The second kappa shape index (κ2) is 6.97. The molecule has 0 radical (unpaired) electrons. The van der Waals surface area contributed by atoms with E-state index < -0.39 is 10.0 Å². The summed E-state index contributed by atoms with van der Waals surface area (Å²) >= 11 is 0. The third-order valence-electron chi connectivity index (χ3n) is 4.30. The van der Waals surface area contributed by atoms with E-state index in [-0.39, 0.29) is 16.8 Å². The average Bonchev–Trinajstić information content (AvgIpc) is 3.32. The Morgan fingerprint density at radius 1 is 1.40 bits per heavy atom.